The van der Waals surface area contributed by atoms with Crippen LogP contribution in [-0.2, 0) is 6.54 Å². The van der Waals surface area contributed by atoms with Crippen LogP contribution in [0.25, 0.3) is 0 Å². The number of aryl methyl sites for hydroxylation is 1. The minimum Gasteiger partial charge on any atom is -0.307 e. The highest BCUT2D eigenvalue weighted by Crippen LogP contribution is 2.08. The smallest absolute Gasteiger partial charge is 0.167 e. The quantitative estimate of drug-likeness (QED) is 0.768. The molecular weight excluding hydrogens is 202 g/mol. The summed E-state index contributed by atoms with van der Waals surface area (Å²) in [4.78, 5) is 0. The summed E-state index contributed by atoms with van der Waals surface area (Å²) in [6, 6.07) is 0.217. The van der Waals surface area contributed by atoms with E-state index in [0.717, 1.165) is 31.8 Å². The molecule has 16 heavy (non-hydrogen) atoms. The average Bonchev–Trinajstić information content (AvgIpc) is 2.71. The second kappa shape index (κ2) is 6.58. The molecule has 0 fully saturated rings. The van der Waals surface area contributed by atoms with Gasteiger partial charge in [-0.15, -0.1) is 5.10 Å². The van der Waals surface area contributed by atoms with E-state index in [1.807, 2.05) is 4.68 Å². The van der Waals surface area contributed by atoms with Crippen LogP contribution in [-0.4, -0.2) is 26.8 Å². The van der Waals surface area contributed by atoms with Crippen LogP contribution in [0.3, 0.4) is 0 Å². The molecule has 0 aliphatic rings. The molecule has 1 atom stereocenters. The molecule has 0 bridgehead atoms. The lowest BCUT2D eigenvalue weighted by Crippen LogP contribution is -2.26. The van der Waals surface area contributed by atoms with E-state index >= 15 is 0 Å². The average molecular weight is 225 g/mol. The monoisotopic (exact) mass is 225 g/mol. The van der Waals surface area contributed by atoms with Gasteiger partial charge < -0.3 is 5.32 Å². The van der Waals surface area contributed by atoms with E-state index in [1.54, 1.807) is 0 Å². The summed E-state index contributed by atoms with van der Waals surface area (Å²) in [6.45, 7) is 10.6. The van der Waals surface area contributed by atoms with Gasteiger partial charge in [0.25, 0.3) is 0 Å². The summed E-state index contributed by atoms with van der Waals surface area (Å²) in [5.41, 5.74) is 0. The van der Waals surface area contributed by atoms with Crippen LogP contribution >= 0.6 is 0 Å². The van der Waals surface area contributed by atoms with Gasteiger partial charge in [-0.1, -0.05) is 27.2 Å². The zero-order chi connectivity index (χ0) is 12.0. The number of nitrogens with zero attached hydrogens (tertiary/aromatic N) is 4. The first-order valence-electron chi connectivity index (χ1n) is 6.14. The maximum Gasteiger partial charge on any atom is 0.167 e. The molecule has 5 nitrogen and oxygen atoms in total. The standard InChI is InChI=1S/C11H23N5/c1-5-6-7-16-11(13-14-15-16)10(4)12-8-9(2)3/h9-10,12H,5-8H2,1-4H3. The van der Waals surface area contributed by atoms with Gasteiger partial charge in [-0.3, -0.25) is 0 Å². The van der Waals surface area contributed by atoms with Gasteiger partial charge in [-0.2, -0.15) is 0 Å². The van der Waals surface area contributed by atoms with E-state index in [9.17, 15) is 0 Å². The minimum atomic E-state index is 0.217. The van der Waals surface area contributed by atoms with Crippen LogP contribution in [0.15, 0.2) is 0 Å². The van der Waals surface area contributed by atoms with Crippen LogP contribution in [0.2, 0.25) is 0 Å². The Bertz CT molecular complexity index is 294. The van der Waals surface area contributed by atoms with Crippen LogP contribution in [0.5, 0.6) is 0 Å². The first-order valence-corrected chi connectivity index (χ1v) is 6.14. The van der Waals surface area contributed by atoms with Crippen molar-refractivity contribution in [1.29, 1.82) is 0 Å². The Hall–Kier alpha value is -0.970. The van der Waals surface area contributed by atoms with E-state index in [1.165, 1.54) is 0 Å². The lowest BCUT2D eigenvalue weighted by molar-refractivity contribution is 0.447. The predicted molar refractivity (Wildman–Crippen MR) is 64.0 cm³/mol. The highest BCUT2D eigenvalue weighted by molar-refractivity contribution is 4.89. The second-order valence-corrected chi connectivity index (χ2v) is 4.64. The fourth-order valence-corrected chi connectivity index (χ4v) is 1.49. The van der Waals surface area contributed by atoms with Crippen molar-refractivity contribution in [2.75, 3.05) is 6.54 Å². The van der Waals surface area contributed by atoms with Gasteiger partial charge in [0, 0.05) is 6.54 Å². The van der Waals surface area contributed by atoms with Gasteiger partial charge in [0.15, 0.2) is 5.82 Å². The summed E-state index contributed by atoms with van der Waals surface area (Å²) in [6.07, 6.45) is 2.28. The van der Waals surface area contributed by atoms with E-state index < -0.39 is 0 Å². The van der Waals surface area contributed by atoms with Gasteiger partial charge in [-0.25, -0.2) is 4.68 Å². The fraction of sp³-hybridized carbons (Fsp3) is 0.909. The van der Waals surface area contributed by atoms with E-state index in [0.29, 0.717) is 5.92 Å². The molecule has 1 unspecified atom stereocenters. The molecule has 92 valence electrons. The Balaban J connectivity index is 2.53. The molecule has 1 N–H and O–H groups in total. The predicted octanol–water partition coefficient (Wildman–Crippen LogP) is 1.78. The van der Waals surface area contributed by atoms with Crippen molar-refractivity contribution in [1.82, 2.24) is 25.5 Å². The zero-order valence-electron chi connectivity index (χ0n) is 10.8. The molecule has 0 saturated heterocycles. The first kappa shape index (κ1) is 13.1. The summed E-state index contributed by atoms with van der Waals surface area (Å²) < 4.78 is 1.90. The van der Waals surface area contributed by atoms with E-state index in [-0.39, 0.29) is 6.04 Å². The lowest BCUT2D eigenvalue weighted by Gasteiger charge is -2.14. The van der Waals surface area contributed by atoms with Gasteiger partial charge in [-0.05, 0) is 36.2 Å². The van der Waals surface area contributed by atoms with Gasteiger partial charge in [0.05, 0.1) is 6.04 Å². The molecular formula is C11H23N5. The number of rotatable bonds is 7. The number of hydrogen-bond donors (Lipinski definition) is 1. The van der Waals surface area contributed by atoms with Crippen LogP contribution in [0.1, 0.15) is 52.4 Å². The number of nitrogens with one attached hydrogen (secondary N) is 1. The Morgan fingerprint density at radius 3 is 2.69 bits per heavy atom. The molecule has 5 heteroatoms. The number of tetrazole rings is 1. The van der Waals surface area contributed by atoms with Crippen molar-refractivity contribution in [3.8, 4) is 0 Å². The molecule has 1 rings (SSSR count). The molecule has 0 radical (unpaired) electrons. The maximum atomic E-state index is 4.09. The molecule has 0 spiro atoms. The number of hydrogen-bond acceptors (Lipinski definition) is 4. The molecule has 1 aromatic heterocycles. The van der Waals surface area contributed by atoms with Crippen molar-refractivity contribution in [2.24, 2.45) is 5.92 Å². The number of unbranched alkanes of at least 4 members (excludes halogenated alkanes) is 1. The normalized spacial score (nSPS) is 13.3. The summed E-state index contributed by atoms with van der Waals surface area (Å²) >= 11 is 0. The topological polar surface area (TPSA) is 55.6 Å². The molecule has 0 aliphatic carbocycles. The van der Waals surface area contributed by atoms with E-state index in [4.69, 9.17) is 0 Å². The molecule has 0 amide bonds. The van der Waals surface area contributed by atoms with Gasteiger partial charge in [0.1, 0.15) is 0 Å². The highest BCUT2D eigenvalue weighted by atomic mass is 15.5. The van der Waals surface area contributed by atoms with Crippen molar-refractivity contribution < 1.29 is 0 Å². The fourth-order valence-electron chi connectivity index (χ4n) is 1.49. The van der Waals surface area contributed by atoms with Crippen LogP contribution < -0.4 is 5.32 Å². The molecule has 0 saturated carbocycles. The SMILES string of the molecule is CCCCn1nnnc1C(C)NCC(C)C. The van der Waals surface area contributed by atoms with E-state index in [2.05, 4.69) is 48.5 Å². The lowest BCUT2D eigenvalue weighted by atomic mass is 10.2. The summed E-state index contributed by atoms with van der Waals surface area (Å²) in [5.74, 6) is 1.58. The molecule has 0 aliphatic heterocycles. The third-order valence-electron chi connectivity index (χ3n) is 2.50. The highest BCUT2D eigenvalue weighted by Gasteiger charge is 2.13. The zero-order valence-corrected chi connectivity index (χ0v) is 10.8. The first-order chi connectivity index (χ1) is 7.65. The van der Waals surface area contributed by atoms with Gasteiger partial charge in [0.2, 0.25) is 0 Å². The van der Waals surface area contributed by atoms with Crippen molar-refractivity contribution in [3.05, 3.63) is 5.82 Å². The summed E-state index contributed by atoms with van der Waals surface area (Å²) in [5, 5.41) is 15.3. The van der Waals surface area contributed by atoms with Gasteiger partial charge >= 0.3 is 0 Å². The molecule has 1 heterocycles. The largest absolute Gasteiger partial charge is 0.307 e. The maximum absolute atomic E-state index is 4.09. The Morgan fingerprint density at radius 2 is 2.06 bits per heavy atom. The Kier molecular flexibility index (Phi) is 5.38. The molecule has 0 aromatic carbocycles. The third kappa shape index (κ3) is 3.89. The number of aromatic nitrogens is 4. The van der Waals surface area contributed by atoms with Crippen molar-refractivity contribution in [2.45, 2.75) is 53.1 Å². The van der Waals surface area contributed by atoms with Crippen LogP contribution in [0.4, 0.5) is 0 Å². The Labute approximate surface area is 97.6 Å². The van der Waals surface area contributed by atoms with Crippen molar-refractivity contribution >= 4 is 0 Å². The minimum absolute atomic E-state index is 0.217. The molecule has 1 aromatic rings. The Morgan fingerprint density at radius 1 is 1.31 bits per heavy atom. The van der Waals surface area contributed by atoms with Crippen LogP contribution in [0, 0.1) is 5.92 Å². The van der Waals surface area contributed by atoms with Crippen molar-refractivity contribution in [3.63, 3.8) is 0 Å². The second-order valence-electron chi connectivity index (χ2n) is 4.64. The third-order valence-corrected chi connectivity index (χ3v) is 2.50. The summed E-state index contributed by atoms with van der Waals surface area (Å²) in [7, 11) is 0.